The van der Waals surface area contributed by atoms with Crippen molar-refractivity contribution in [1.82, 2.24) is 15.1 Å². The lowest BCUT2D eigenvalue weighted by Crippen LogP contribution is -2.32. The van der Waals surface area contributed by atoms with E-state index >= 15 is 0 Å². The second-order valence-electron chi connectivity index (χ2n) is 4.35. The average Bonchev–Trinajstić information content (AvgIpc) is 2.93. The number of rotatable bonds is 5. The van der Waals surface area contributed by atoms with Crippen molar-refractivity contribution in [3.05, 3.63) is 48.3 Å². The van der Waals surface area contributed by atoms with E-state index in [1.165, 1.54) is 0 Å². The van der Waals surface area contributed by atoms with Crippen LogP contribution < -0.4 is 10.6 Å². The number of carbonyl (C=O) groups is 1. The number of nitrogens with one attached hydrogen (secondary N) is 2. The molecule has 0 aliphatic rings. The van der Waals surface area contributed by atoms with Crippen LogP contribution in [0.4, 0.5) is 10.5 Å². The van der Waals surface area contributed by atoms with Crippen LogP contribution in [0.25, 0.3) is 0 Å². The van der Waals surface area contributed by atoms with Gasteiger partial charge < -0.3 is 15.7 Å². The predicted octanol–water partition coefficient (Wildman–Crippen LogP) is 1.76. The van der Waals surface area contributed by atoms with Crippen LogP contribution in [-0.4, -0.2) is 27.5 Å². The van der Waals surface area contributed by atoms with Crippen molar-refractivity contribution in [3.8, 4) is 0 Å². The van der Waals surface area contributed by atoms with E-state index in [-0.39, 0.29) is 12.6 Å². The third-order valence-corrected chi connectivity index (χ3v) is 2.86. The number of aromatic nitrogens is 2. The van der Waals surface area contributed by atoms with Gasteiger partial charge in [-0.3, -0.25) is 4.68 Å². The number of benzene rings is 1. The molecule has 1 atom stereocenters. The number of nitrogens with zero attached hydrogens (tertiary/aromatic N) is 2. The van der Waals surface area contributed by atoms with Crippen LogP contribution in [0, 0.1) is 0 Å². The normalized spacial score (nSPS) is 11.9. The van der Waals surface area contributed by atoms with Crippen LogP contribution in [0.5, 0.6) is 0 Å². The molecule has 3 N–H and O–H groups in total. The Morgan fingerprint density at radius 2 is 2.15 bits per heavy atom. The summed E-state index contributed by atoms with van der Waals surface area (Å²) in [7, 11) is 0. The summed E-state index contributed by atoms with van der Waals surface area (Å²) in [6.45, 7) is 2.86. The van der Waals surface area contributed by atoms with Crippen molar-refractivity contribution in [3.63, 3.8) is 0 Å². The highest BCUT2D eigenvalue weighted by molar-refractivity contribution is 5.88. The summed E-state index contributed by atoms with van der Waals surface area (Å²) in [5.41, 5.74) is 1.39. The molecule has 0 fully saturated rings. The Morgan fingerprint density at radius 1 is 1.40 bits per heavy atom. The Morgan fingerprint density at radius 3 is 2.80 bits per heavy atom. The maximum atomic E-state index is 11.7. The fourth-order valence-corrected chi connectivity index (χ4v) is 1.76. The quantitative estimate of drug-likeness (QED) is 0.777. The van der Waals surface area contributed by atoms with E-state index in [2.05, 4.69) is 15.7 Å². The number of aryl methyl sites for hydroxylation is 1. The van der Waals surface area contributed by atoms with Gasteiger partial charge in [-0.15, -0.1) is 0 Å². The molecule has 2 aromatic rings. The van der Waals surface area contributed by atoms with Gasteiger partial charge in [0.2, 0.25) is 0 Å². The third-order valence-electron chi connectivity index (χ3n) is 2.86. The Labute approximate surface area is 117 Å². The maximum absolute atomic E-state index is 11.7. The number of urea groups is 1. The van der Waals surface area contributed by atoms with Crippen LogP contribution >= 0.6 is 0 Å². The van der Waals surface area contributed by atoms with Gasteiger partial charge in [-0.25, -0.2) is 4.79 Å². The van der Waals surface area contributed by atoms with Crippen LogP contribution in [0.15, 0.2) is 42.7 Å². The Bertz CT molecular complexity index is 553. The lowest BCUT2D eigenvalue weighted by molar-refractivity contribution is 0.175. The third kappa shape index (κ3) is 3.83. The van der Waals surface area contributed by atoms with Crippen molar-refractivity contribution in [2.24, 2.45) is 0 Å². The first kappa shape index (κ1) is 14.1. The number of hydrogen-bond donors (Lipinski definition) is 3. The van der Waals surface area contributed by atoms with E-state index in [1.807, 2.05) is 37.3 Å². The molecule has 0 aliphatic carbocycles. The van der Waals surface area contributed by atoms with Crippen LogP contribution in [0.3, 0.4) is 0 Å². The standard InChI is InChI=1S/C14H18N4O2/c1-2-18-10-12(8-16-18)17-14(20)15-9-13(19)11-6-4-3-5-7-11/h3-8,10,13,19H,2,9H2,1H3,(H2,15,17,20)/t13-/m1/s1. The summed E-state index contributed by atoms with van der Waals surface area (Å²) in [5.74, 6) is 0. The minimum Gasteiger partial charge on any atom is -0.387 e. The smallest absolute Gasteiger partial charge is 0.319 e. The molecule has 0 unspecified atom stereocenters. The molecule has 0 saturated heterocycles. The van der Waals surface area contributed by atoms with Crippen molar-refractivity contribution < 1.29 is 9.90 Å². The van der Waals surface area contributed by atoms with Crippen molar-refractivity contribution >= 4 is 11.7 Å². The van der Waals surface area contributed by atoms with Gasteiger partial charge in [-0.05, 0) is 12.5 Å². The summed E-state index contributed by atoms with van der Waals surface area (Å²) in [6, 6.07) is 8.83. The largest absolute Gasteiger partial charge is 0.387 e. The monoisotopic (exact) mass is 274 g/mol. The van der Waals surface area contributed by atoms with E-state index in [4.69, 9.17) is 0 Å². The summed E-state index contributed by atoms with van der Waals surface area (Å²) >= 11 is 0. The number of aliphatic hydroxyl groups excluding tert-OH is 1. The second kappa shape index (κ2) is 6.72. The average molecular weight is 274 g/mol. The number of hydrogen-bond acceptors (Lipinski definition) is 3. The fourth-order valence-electron chi connectivity index (χ4n) is 1.76. The molecule has 0 spiro atoms. The molecule has 0 saturated carbocycles. The molecule has 1 aromatic heterocycles. The lowest BCUT2D eigenvalue weighted by atomic mass is 10.1. The Kier molecular flexibility index (Phi) is 4.73. The molecule has 0 aliphatic heterocycles. The van der Waals surface area contributed by atoms with Gasteiger partial charge in [0.15, 0.2) is 0 Å². The molecule has 106 valence electrons. The molecule has 1 aromatic carbocycles. The second-order valence-corrected chi connectivity index (χ2v) is 4.35. The molecule has 6 heteroatoms. The van der Waals surface area contributed by atoms with Gasteiger partial charge in [0.25, 0.3) is 0 Å². The molecule has 20 heavy (non-hydrogen) atoms. The number of aliphatic hydroxyl groups is 1. The highest BCUT2D eigenvalue weighted by atomic mass is 16.3. The lowest BCUT2D eigenvalue weighted by Gasteiger charge is -2.12. The van der Waals surface area contributed by atoms with E-state index in [1.54, 1.807) is 17.1 Å². The highest BCUT2D eigenvalue weighted by Crippen LogP contribution is 2.10. The molecule has 0 bridgehead atoms. The van der Waals surface area contributed by atoms with E-state index in [9.17, 15) is 9.90 Å². The van der Waals surface area contributed by atoms with Crippen molar-refractivity contribution in [1.29, 1.82) is 0 Å². The first-order valence-electron chi connectivity index (χ1n) is 6.49. The molecular formula is C14H18N4O2. The Balaban J connectivity index is 1.80. The zero-order chi connectivity index (χ0) is 14.4. The molecule has 6 nitrogen and oxygen atoms in total. The topological polar surface area (TPSA) is 79.2 Å². The zero-order valence-corrected chi connectivity index (χ0v) is 11.3. The Hall–Kier alpha value is -2.34. The van der Waals surface area contributed by atoms with E-state index in [0.717, 1.165) is 12.1 Å². The van der Waals surface area contributed by atoms with Gasteiger partial charge in [0.05, 0.1) is 18.0 Å². The molecule has 2 rings (SSSR count). The fraction of sp³-hybridized carbons (Fsp3) is 0.286. The molecule has 2 amide bonds. The summed E-state index contributed by atoms with van der Waals surface area (Å²) < 4.78 is 1.72. The van der Waals surface area contributed by atoms with Crippen molar-refractivity contribution in [2.45, 2.75) is 19.6 Å². The predicted molar refractivity (Wildman–Crippen MR) is 76.3 cm³/mol. The van der Waals surface area contributed by atoms with Crippen molar-refractivity contribution in [2.75, 3.05) is 11.9 Å². The van der Waals surface area contributed by atoms with Gasteiger partial charge >= 0.3 is 6.03 Å². The first-order chi connectivity index (χ1) is 9.69. The van der Waals surface area contributed by atoms with Gasteiger partial charge in [0, 0.05) is 19.3 Å². The van der Waals surface area contributed by atoms with Gasteiger partial charge in [-0.1, -0.05) is 30.3 Å². The minimum absolute atomic E-state index is 0.151. The molecule has 0 radical (unpaired) electrons. The van der Waals surface area contributed by atoms with Crippen LogP contribution in [0.1, 0.15) is 18.6 Å². The molecular weight excluding hydrogens is 256 g/mol. The van der Waals surface area contributed by atoms with Gasteiger partial charge in [-0.2, -0.15) is 5.10 Å². The summed E-state index contributed by atoms with van der Waals surface area (Å²) in [4.78, 5) is 11.7. The number of carbonyl (C=O) groups excluding carboxylic acids is 1. The number of amides is 2. The number of anilines is 1. The highest BCUT2D eigenvalue weighted by Gasteiger charge is 2.09. The molecule has 1 heterocycles. The van der Waals surface area contributed by atoms with E-state index < -0.39 is 6.10 Å². The minimum atomic E-state index is -0.722. The van der Waals surface area contributed by atoms with Gasteiger partial charge in [0.1, 0.15) is 0 Å². The first-order valence-corrected chi connectivity index (χ1v) is 6.49. The van der Waals surface area contributed by atoms with E-state index in [0.29, 0.717) is 5.69 Å². The summed E-state index contributed by atoms with van der Waals surface area (Å²) in [5, 5.41) is 19.3. The maximum Gasteiger partial charge on any atom is 0.319 e. The van der Waals surface area contributed by atoms with Crippen LogP contribution in [0.2, 0.25) is 0 Å². The van der Waals surface area contributed by atoms with Crippen LogP contribution in [-0.2, 0) is 6.54 Å². The summed E-state index contributed by atoms with van der Waals surface area (Å²) in [6.07, 6.45) is 2.60. The SMILES string of the molecule is CCn1cc(NC(=O)NC[C@@H](O)c2ccccc2)cn1. The zero-order valence-electron chi connectivity index (χ0n) is 11.3.